The highest BCUT2D eigenvalue weighted by Crippen LogP contribution is 2.42. The fourth-order valence-electron chi connectivity index (χ4n) is 6.98. The number of nitrogens with zero attached hydrogens (tertiary/aromatic N) is 1. The summed E-state index contributed by atoms with van der Waals surface area (Å²) in [6, 6.07) is 2.40. The van der Waals surface area contributed by atoms with Crippen molar-refractivity contribution < 1.29 is 19.1 Å². The summed E-state index contributed by atoms with van der Waals surface area (Å²) in [5.74, 6) is 0.528. The summed E-state index contributed by atoms with van der Waals surface area (Å²) in [7, 11) is 0. The Labute approximate surface area is 236 Å². The van der Waals surface area contributed by atoms with E-state index >= 15 is 0 Å². The summed E-state index contributed by atoms with van der Waals surface area (Å²) in [6.45, 7) is 2.84. The van der Waals surface area contributed by atoms with Gasteiger partial charge in [-0.25, -0.2) is 4.79 Å². The van der Waals surface area contributed by atoms with Crippen LogP contribution in [0.3, 0.4) is 0 Å². The number of thiophene rings is 1. The molecule has 4 rings (SSSR count). The summed E-state index contributed by atoms with van der Waals surface area (Å²) in [6.07, 6.45) is 12.3. The van der Waals surface area contributed by atoms with Crippen molar-refractivity contribution in [1.29, 1.82) is 5.41 Å². The van der Waals surface area contributed by atoms with Crippen LogP contribution in [0.1, 0.15) is 93.7 Å². The van der Waals surface area contributed by atoms with Crippen molar-refractivity contribution in [2.45, 2.75) is 103 Å². The lowest BCUT2D eigenvalue weighted by atomic mass is 9.66. The zero-order valence-corrected chi connectivity index (χ0v) is 24.0. The van der Waals surface area contributed by atoms with E-state index in [1.165, 1.54) is 24.2 Å². The summed E-state index contributed by atoms with van der Waals surface area (Å²) < 4.78 is 5.27. The lowest BCUT2D eigenvalue weighted by molar-refractivity contribution is -0.142. The van der Waals surface area contributed by atoms with Crippen LogP contribution >= 0.6 is 11.3 Å². The molecular formula is C29H45N5O4S. The minimum Gasteiger partial charge on any atom is -0.450 e. The largest absolute Gasteiger partial charge is 0.450 e. The van der Waals surface area contributed by atoms with E-state index < -0.39 is 18.2 Å². The molecule has 1 aliphatic heterocycles. The Morgan fingerprint density at radius 3 is 2.23 bits per heavy atom. The van der Waals surface area contributed by atoms with Crippen LogP contribution in [0.5, 0.6) is 0 Å². The molecule has 3 amide bonds. The number of alkyl carbamates (subject to hydrolysis) is 1. The van der Waals surface area contributed by atoms with Crippen LogP contribution in [0.2, 0.25) is 0 Å². The lowest BCUT2D eigenvalue weighted by Crippen LogP contribution is -2.58. The maximum Gasteiger partial charge on any atom is 0.407 e. The molecule has 1 saturated heterocycles. The first-order valence-corrected chi connectivity index (χ1v) is 15.6. The molecule has 9 nitrogen and oxygen atoms in total. The first-order valence-electron chi connectivity index (χ1n) is 14.8. The van der Waals surface area contributed by atoms with E-state index in [1.54, 1.807) is 17.9 Å². The van der Waals surface area contributed by atoms with Crippen molar-refractivity contribution in [2.24, 2.45) is 23.5 Å². The molecule has 216 valence electrons. The zero-order chi connectivity index (χ0) is 27.8. The second-order valence-corrected chi connectivity index (χ2v) is 12.5. The number of rotatable bonds is 10. The molecule has 10 heteroatoms. The second kappa shape index (κ2) is 14.1. The molecule has 3 aliphatic rings. The van der Waals surface area contributed by atoms with E-state index in [4.69, 9.17) is 15.9 Å². The highest BCUT2D eigenvalue weighted by Gasteiger charge is 2.45. The fourth-order valence-corrected chi connectivity index (χ4v) is 7.79. The fraction of sp³-hybridized carbons (Fsp3) is 0.724. The van der Waals surface area contributed by atoms with Crippen molar-refractivity contribution in [1.82, 2.24) is 15.5 Å². The zero-order valence-electron chi connectivity index (χ0n) is 23.2. The van der Waals surface area contributed by atoms with E-state index in [0.717, 1.165) is 62.7 Å². The molecule has 0 spiro atoms. The van der Waals surface area contributed by atoms with Crippen LogP contribution in [0.25, 0.3) is 0 Å². The van der Waals surface area contributed by atoms with Crippen LogP contribution in [0, 0.1) is 23.2 Å². The van der Waals surface area contributed by atoms with E-state index in [2.05, 4.69) is 10.6 Å². The molecule has 5 N–H and O–H groups in total. The molecule has 1 aromatic rings. The molecule has 3 fully saturated rings. The molecule has 2 saturated carbocycles. The lowest BCUT2D eigenvalue weighted by Gasteiger charge is -2.43. The third-order valence-corrected chi connectivity index (χ3v) is 9.91. The maximum absolute atomic E-state index is 14.3. The van der Waals surface area contributed by atoms with Crippen molar-refractivity contribution in [3.05, 3.63) is 21.9 Å². The standard InChI is InChI=1S/C29H45N5O4S/c1-2-38-29(37)33-25(24(19-10-5-3-6-11-19)20-12-7-4-8-13-20)28(36)34-17-9-14-22(34)27(35)32-18-21-15-16-23(39-21)26(30)31/h15-16,19-20,22,24-25H,2-14,17-18H2,1H3,(H3,30,31)(H,32,35)(H,33,37). The molecule has 1 aromatic heterocycles. The predicted octanol–water partition coefficient (Wildman–Crippen LogP) is 4.53. The van der Waals surface area contributed by atoms with E-state index in [1.807, 2.05) is 6.07 Å². The number of carbonyl (C=O) groups excluding carboxylic acids is 3. The highest BCUT2D eigenvalue weighted by atomic mass is 32.1. The van der Waals surface area contributed by atoms with Gasteiger partial charge in [-0.3, -0.25) is 15.0 Å². The smallest absolute Gasteiger partial charge is 0.407 e. The molecule has 2 heterocycles. The van der Waals surface area contributed by atoms with Crippen LogP contribution in [0.15, 0.2) is 12.1 Å². The topological polar surface area (TPSA) is 138 Å². The Morgan fingerprint density at radius 2 is 1.67 bits per heavy atom. The molecule has 0 aromatic carbocycles. The van der Waals surface area contributed by atoms with E-state index in [0.29, 0.717) is 36.2 Å². The van der Waals surface area contributed by atoms with Crippen molar-refractivity contribution in [3.63, 3.8) is 0 Å². The monoisotopic (exact) mass is 559 g/mol. The van der Waals surface area contributed by atoms with Crippen LogP contribution in [-0.2, 0) is 20.9 Å². The molecule has 2 unspecified atom stereocenters. The van der Waals surface area contributed by atoms with Gasteiger partial charge in [-0.15, -0.1) is 11.3 Å². The average Bonchev–Trinajstić information content (AvgIpc) is 3.63. The summed E-state index contributed by atoms with van der Waals surface area (Å²) in [5, 5.41) is 13.6. The second-order valence-electron chi connectivity index (χ2n) is 11.3. The number of hydrogen-bond acceptors (Lipinski definition) is 6. The van der Waals surface area contributed by atoms with Gasteiger partial charge in [0.25, 0.3) is 0 Å². The molecular weight excluding hydrogens is 514 g/mol. The van der Waals surface area contributed by atoms with Crippen LogP contribution in [0.4, 0.5) is 4.79 Å². The SMILES string of the molecule is CCOC(=O)NC(C(=O)N1CCCC1C(=O)NCc1ccc(C(=N)N)s1)C(C1CCCCC1)C1CCCCC1. The Kier molecular flexibility index (Phi) is 10.6. The van der Waals surface area contributed by atoms with Gasteiger partial charge in [-0.2, -0.15) is 0 Å². The number of hydrogen-bond donors (Lipinski definition) is 4. The van der Waals surface area contributed by atoms with Gasteiger partial charge in [0.05, 0.1) is 18.0 Å². The average molecular weight is 560 g/mol. The minimum atomic E-state index is -0.681. The van der Waals surface area contributed by atoms with Crippen molar-refractivity contribution in [2.75, 3.05) is 13.2 Å². The Bertz CT molecular complexity index is 984. The molecule has 39 heavy (non-hydrogen) atoms. The van der Waals surface area contributed by atoms with Gasteiger partial charge in [-0.1, -0.05) is 64.2 Å². The summed E-state index contributed by atoms with van der Waals surface area (Å²) in [5.41, 5.74) is 5.57. The summed E-state index contributed by atoms with van der Waals surface area (Å²) >= 11 is 1.38. The third-order valence-electron chi connectivity index (χ3n) is 8.79. The predicted molar refractivity (Wildman–Crippen MR) is 153 cm³/mol. The number of amidine groups is 1. The Morgan fingerprint density at radius 1 is 1.03 bits per heavy atom. The van der Waals surface area contributed by atoms with Crippen molar-refractivity contribution >= 4 is 35.1 Å². The summed E-state index contributed by atoms with van der Waals surface area (Å²) in [4.78, 5) is 43.7. The van der Waals surface area contributed by atoms with Gasteiger partial charge < -0.3 is 26.0 Å². The molecule has 0 radical (unpaired) electrons. The van der Waals surface area contributed by atoms with Gasteiger partial charge in [0.15, 0.2) is 0 Å². The van der Waals surface area contributed by atoms with Gasteiger partial charge in [0.2, 0.25) is 11.8 Å². The first kappa shape index (κ1) is 29.4. The third kappa shape index (κ3) is 7.52. The van der Waals surface area contributed by atoms with Crippen LogP contribution < -0.4 is 16.4 Å². The Hall–Kier alpha value is -2.62. The number of amides is 3. The molecule has 0 bridgehead atoms. The number of nitrogens with two attached hydrogens (primary N) is 1. The minimum absolute atomic E-state index is 0.00997. The quantitative estimate of drug-likeness (QED) is 0.247. The van der Waals surface area contributed by atoms with Gasteiger partial charge in [-0.05, 0) is 49.7 Å². The number of nitrogens with one attached hydrogen (secondary N) is 3. The number of likely N-dealkylation sites (tertiary alicyclic amines) is 1. The van der Waals surface area contributed by atoms with Gasteiger partial charge in [0, 0.05) is 11.4 Å². The number of carbonyl (C=O) groups is 3. The normalized spacial score (nSPS) is 21.5. The van der Waals surface area contributed by atoms with Crippen molar-refractivity contribution in [3.8, 4) is 0 Å². The highest BCUT2D eigenvalue weighted by molar-refractivity contribution is 7.14. The van der Waals surface area contributed by atoms with E-state index in [9.17, 15) is 14.4 Å². The number of ether oxygens (including phenoxy) is 1. The Balaban J connectivity index is 1.53. The van der Waals surface area contributed by atoms with E-state index in [-0.39, 0.29) is 30.2 Å². The number of nitrogen functional groups attached to an aromatic ring is 1. The maximum atomic E-state index is 14.3. The first-order chi connectivity index (χ1) is 18.9. The molecule has 2 aliphatic carbocycles. The van der Waals surface area contributed by atoms with Gasteiger partial charge in [0.1, 0.15) is 17.9 Å². The van der Waals surface area contributed by atoms with Crippen LogP contribution in [-0.4, -0.2) is 53.9 Å². The van der Waals surface area contributed by atoms with Gasteiger partial charge >= 0.3 is 6.09 Å². The molecule has 2 atom stereocenters.